The molecule has 3 aliphatic heterocycles. The van der Waals surface area contributed by atoms with E-state index in [4.69, 9.17) is 4.42 Å². The average molecular weight is 983 g/mol. The van der Waals surface area contributed by atoms with Crippen molar-refractivity contribution in [2.45, 2.75) is 115 Å². The molecule has 4 heterocycles. The third kappa shape index (κ3) is 5.60. The van der Waals surface area contributed by atoms with Gasteiger partial charge >= 0.3 is 6.85 Å². The molecule has 0 bridgehead atoms. The molecule has 10 aromatic rings. The van der Waals surface area contributed by atoms with E-state index in [1.165, 1.54) is 140 Å². The van der Waals surface area contributed by atoms with Crippen LogP contribution in [-0.2, 0) is 27.1 Å². The summed E-state index contributed by atoms with van der Waals surface area (Å²) in [4.78, 5) is 5.45. The van der Waals surface area contributed by atoms with Gasteiger partial charge in [0.15, 0.2) is 0 Å². The van der Waals surface area contributed by atoms with Gasteiger partial charge < -0.3 is 14.1 Å². The van der Waals surface area contributed by atoms with Crippen molar-refractivity contribution in [3.63, 3.8) is 0 Å². The number of hydrogen-bond acceptors (Lipinski definition) is 3. The molecule has 0 saturated heterocycles. The smallest absolute Gasteiger partial charge is 0.333 e. The normalized spacial score (nSPS) is 18.6. The Morgan fingerprint density at radius 1 is 0.395 bits per heavy atom. The molecule has 0 N–H and O–H groups in total. The van der Waals surface area contributed by atoms with Crippen LogP contribution in [0.25, 0.3) is 55.3 Å². The molecule has 16 rings (SSSR count). The van der Waals surface area contributed by atoms with Crippen molar-refractivity contribution in [1.82, 2.24) is 0 Å². The molecule has 370 valence electrons. The molecule has 1 aromatic heterocycles. The van der Waals surface area contributed by atoms with Gasteiger partial charge in [-0.3, -0.25) is 0 Å². The fraction of sp³-hybridized carbons (Fsp3) is 0.250. The van der Waals surface area contributed by atoms with E-state index in [9.17, 15) is 0 Å². The highest BCUT2D eigenvalue weighted by Gasteiger charge is 2.56. The summed E-state index contributed by atoms with van der Waals surface area (Å²) in [5.74, 6) is 0. The first-order valence-electron chi connectivity index (χ1n) is 28.0. The first-order valence-corrected chi connectivity index (χ1v) is 28.0. The number of nitrogens with zero attached hydrogens (tertiary/aromatic N) is 2. The van der Waals surface area contributed by atoms with E-state index in [1.807, 2.05) is 0 Å². The van der Waals surface area contributed by atoms with E-state index in [2.05, 4.69) is 242 Å². The van der Waals surface area contributed by atoms with E-state index in [-0.39, 0.29) is 28.5 Å². The summed E-state index contributed by atoms with van der Waals surface area (Å²) in [6.07, 6.45) is 4.63. The summed E-state index contributed by atoms with van der Waals surface area (Å²) in [5, 5.41) is 2.40. The van der Waals surface area contributed by atoms with Crippen LogP contribution in [0.2, 0.25) is 0 Å². The van der Waals surface area contributed by atoms with Gasteiger partial charge in [-0.05, 0) is 179 Å². The fourth-order valence-corrected chi connectivity index (χ4v) is 15.9. The summed E-state index contributed by atoms with van der Waals surface area (Å²) in [7, 11) is 0. The Kier molecular flexibility index (Phi) is 8.63. The van der Waals surface area contributed by atoms with Crippen molar-refractivity contribution in [1.29, 1.82) is 0 Å². The van der Waals surface area contributed by atoms with Crippen LogP contribution in [0.4, 0.5) is 28.4 Å². The Balaban J connectivity index is 1.07. The summed E-state index contributed by atoms with van der Waals surface area (Å²) >= 11 is 0. The van der Waals surface area contributed by atoms with Crippen LogP contribution in [0, 0.1) is 6.92 Å². The molecule has 0 saturated carbocycles. The lowest BCUT2D eigenvalue weighted by atomic mass is 9.42. The Morgan fingerprint density at radius 3 is 1.62 bits per heavy atom. The van der Waals surface area contributed by atoms with Gasteiger partial charge in [-0.1, -0.05) is 183 Å². The topological polar surface area (TPSA) is 19.6 Å². The van der Waals surface area contributed by atoms with Crippen molar-refractivity contribution in [3.8, 4) is 33.4 Å². The van der Waals surface area contributed by atoms with E-state index >= 15 is 0 Å². The highest BCUT2D eigenvalue weighted by molar-refractivity contribution is 6.94. The van der Waals surface area contributed by atoms with E-state index in [0.717, 1.165) is 30.4 Å². The maximum Gasteiger partial charge on any atom is 0.333 e. The Bertz CT molecular complexity index is 4180. The maximum atomic E-state index is 7.28. The molecule has 9 aromatic carbocycles. The summed E-state index contributed by atoms with van der Waals surface area (Å²) in [6.45, 7) is 21.8. The number of furan rings is 1. The molecular formula is C72H63BN2O. The van der Waals surface area contributed by atoms with Gasteiger partial charge in [0, 0.05) is 50.8 Å². The number of fused-ring (bicyclic) bond motifs is 18. The SMILES string of the molecule is Cc1cc2c(cc1N1c3cc4oc5cc6c(cc5c4cc3B3c4c(cc(-c5ccccc5)cc41)-c1cccc4c1N3c1ccccc1C41c3ccccc3-c3ccccc31)C(C)(C)CCC6(C)C)C(C)(C)CCC2(C)C. The van der Waals surface area contributed by atoms with Crippen molar-refractivity contribution < 1.29 is 4.42 Å². The van der Waals surface area contributed by atoms with Crippen LogP contribution in [0.3, 0.4) is 0 Å². The van der Waals surface area contributed by atoms with Gasteiger partial charge in [-0.25, -0.2) is 0 Å². The van der Waals surface area contributed by atoms with E-state index in [0.29, 0.717) is 0 Å². The molecule has 1 spiro atoms. The first kappa shape index (κ1) is 44.7. The van der Waals surface area contributed by atoms with Crippen LogP contribution in [-0.4, -0.2) is 6.85 Å². The minimum atomic E-state index is -0.530. The van der Waals surface area contributed by atoms with Gasteiger partial charge in [-0.2, -0.15) is 0 Å². The van der Waals surface area contributed by atoms with Crippen molar-refractivity contribution in [2.24, 2.45) is 0 Å². The highest BCUT2D eigenvalue weighted by Crippen LogP contribution is 2.65. The molecule has 0 amide bonds. The zero-order valence-electron chi connectivity index (χ0n) is 45.4. The van der Waals surface area contributed by atoms with Crippen LogP contribution in [0.1, 0.15) is 131 Å². The molecular weight excluding hydrogens is 920 g/mol. The van der Waals surface area contributed by atoms with Gasteiger partial charge in [0.25, 0.3) is 0 Å². The molecule has 3 nitrogen and oxygen atoms in total. The maximum absolute atomic E-state index is 7.28. The summed E-state index contributed by atoms with van der Waals surface area (Å²) in [6, 6.07) is 66.3. The molecule has 0 unspecified atom stereocenters. The van der Waals surface area contributed by atoms with Gasteiger partial charge in [0.2, 0.25) is 0 Å². The zero-order chi connectivity index (χ0) is 51.6. The number of para-hydroxylation sites is 2. The summed E-state index contributed by atoms with van der Waals surface area (Å²) in [5.41, 5.74) is 30.6. The second-order valence-corrected chi connectivity index (χ2v) is 26.1. The average Bonchev–Trinajstić information content (AvgIpc) is 4.12. The molecule has 76 heavy (non-hydrogen) atoms. The quantitative estimate of drug-likeness (QED) is 0.161. The molecule has 0 atom stereocenters. The molecule has 3 aliphatic carbocycles. The zero-order valence-corrected chi connectivity index (χ0v) is 45.4. The van der Waals surface area contributed by atoms with E-state index in [1.54, 1.807) is 0 Å². The highest BCUT2D eigenvalue weighted by atomic mass is 16.3. The number of anilines is 5. The predicted molar refractivity (Wildman–Crippen MR) is 319 cm³/mol. The monoisotopic (exact) mass is 983 g/mol. The molecule has 0 radical (unpaired) electrons. The Hall–Kier alpha value is -7.56. The predicted octanol–water partition coefficient (Wildman–Crippen LogP) is 17.6. The van der Waals surface area contributed by atoms with Gasteiger partial charge in [-0.15, -0.1) is 0 Å². The lowest BCUT2D eigenvalue weighted by Gasteiger charge is -2.52. The third-order valence-electron chi connectivity index (χ3n) is 20.1. The fourth-order valence-electron chi connectivity index (χ4n) is 15.9. The van der Waals surface area contributed by atoms with Gasteiger partial charge in [0.05, 0.1) is 5.41 Å². The minimum absolute atomic E-state index is 0.0173. The summed E-state index contributed by atoms with van der Waals surface area (Å²) < 4.78 is 7.28. The molecule has 6 aliphatic rings. The number of benzene rings is 9. The lowest BCUT2D eigenvalue weighted by Crippen LogP contribution is -2.63. The Labute approximate surface area is 448 Å². The lowest BCUT2D eigenvalue weighted by molar-refractivity contribution is 0.332. The van der Waals surface area contributed by atoms with E-state index < -0.39 is 5.41 Å². The molecule has 4 heteroatoms. The molecule has 0 fully saturated rings. The number of hydrogen-bond donors (Lipinski definition) is 0. The standard InChI is InChI=1S/C72H63BN2O/c1-42-34-55-57(70(6,7)32-30-68(55,2)3)39-61(42)74-62-41-65-49(48-37-56-58(40-64(48)76-65)71(8,9)33-31-69(56,4)5)38-59(62)73-66-50(35-44(36-63(66)74)43-20-11-10-12-21-43)47-24-19-28-54-67(47)75(73)60-29-18-17-27-53(60)72(54)51-25-15-13-22-45(51)46-23-14-16-26-52(46)72/h10-29,34-41H,30-33H2,1-9H3. The first-order chi connectivity index (χ1) is 36.6. The van der Waals surface area contributed by atoms with Crippen LogP contribution >= 0.6 is 0 Å². The second-order valence-electron chi connectivity index (χ2n) is 26.1. The van der Waals surface area contributed by atoms with Gasteiger partial charge in [0.1, 0.15) is 11.2 Å². The number of rotatable bonds is 2. The van der Waals surface area contributed by atoms with Crippen LogP contribution < -0.4 is 20.6 Å². The van der Waals surface area contributed by atoms with Crippen molar-refractivity contribution in [3.05, 3.63) is 220 Å². The third-order valence-corrected chi connectivity index (χ3v) is 20.1. The number of aryl methyl sites for hydroxylation is 1. The largest absolute Gasteiger partial charge is 0.456 e. The second kappa shape index (κ2) is 14.7. The minimum Gasteiger partial charge on any atom is -0.456 e. The Morgan fingerprint density at radius 2 is 0.934 bits per heavy atom. The van der Waals surface area contributed by atoms with Crippen molar-refractivity contribution >= 4 is 68.1 Å². The van der Waals surface area contributed by atoms with Crippen molar-refractivity contribution in [2.75, 3.05) is 9.71 Å². The van der Waals surface area contributed by atoms with Crippen LogP contribution in [0.15, 0.2) is 174 Å². The van der Waals surface area contributed by atoms with Crippen LogP contribution in [0.5, 0.6) is 0 Å².